The lowest BCUT2D eigenvalue weighted by Crippen LogP contribution is -2.09. The predicted octanol–water partition coefficient (Wildman–Crippen LogP) is 1.86. The summed E-state index contributed by atoms with van der Waals surface area (Å²) >= 11 is 1.21. The first-order chi connectivity index (χ1) is 9.70. The van der Waals surface area contributed by atoms with Gasteiger partial charge in [0.25, 0.3) is 5.91 Å². The van der Waals surface area contributed by atoms with Crippen molar-refractivity contribution in [2.24, 2.45) is 5.73 Å². The van der Waals surface area contributed by atoms with Crippen molar-refractivity contribution < 1.29 is 9.53 Å². The molecule has 0 radical (unpaired) electrons. The molecular weight excluding hydrogens is 276 g/mol. The third-order valence-corrected chi connectivity index (χ3v) is 3.83. The molecule has 0 aromatic carbocycles. The molecule has 6 nitrogen and oxygen atoms in total. The normalized spacial score (nSPS) is 10.7. The van der Waals surface area contributed by atoms with Crippen LogP contribution >= 0.6 is 11.3 Å². The fraction of sp³-hybridized carbons (Fsp3) is 0.0769. The van der Waals surface area contributed by atoms with E-state index in [-0.39, 0.29) is 5.01 Å². The van der Waals surface area contributed by atoms with E-state index in [2.05, 4.69) is 15.0 Å². The number of carbonyl (C=O) groups excluding carboxylic acids is 1. The van der Waals surface area contributed by atoms with Gasteiger partial charge >= 0.3 is 0 Å². The summed E-state index contributed by atoms with van der Waals surface area (Å²) in [5.41, 5.74) is 7.37. The van der Waals surface area contributed by atoms with Crippen LogP contribution in [-0.4, -0.2) is 28.0 Å². The van der Waals surface area contributed by atoms with Gasteiger partial charge in [-0.05, 0) is 12.1 Å². The van der Waals surface area contributed by atoms with Crippen molar-refractivity contribution in [1.82, 2.24) is 15.0 Å². The Morgan fingerprint density at radius 2 is 2.20 bits per heavy atom. The minimum atomic E-state index is -0.569. The molecular formula is C13H10N4O2S. The second kappa shape index (κ2) is 4.86. The molecule has 0 aliphatic heterocycles. The molecule has 0 aliphatic rings. The Hall–Kier alpha value is -2.54. The van der Waals surface area contributed by atoms with E-state index in [1.165, 1.54) is 18.4 Å². The summed E-state index contributed by atoms with van der Waals surface area (Å²) in [6, 6.07) is 5.58. The van der Waals surface area contributed by atoms with E-state index in [0.29, 0.717) is 11.4 Å². The molecule has 0 saturated heterocycles. The molecule has 0 atom stereocenters. The first-order valence-electron chi connectivity index (χ1n) is 5.75. The van der Waals surface area contributed by atoms with Gasteiger partial charge in [-0.15, -0.1) is 11.3 Å². The maximum Gasteiger partial charge on any atom is 0.277 e. The summed E-state index contributed by atoms with van der Waals surface area (Å²) in [7, 11) is 1.51. The van der Waals surface area contributed by atoms with Crippen LogP contribution in [0.5, 0.6) is 5.88 Å². The van der Waals surface area contributed by atoms with Crippen LogP contribution in [-0.2, 0) is 0 Å². The number of methoxy groups -OCH3 is 1. The van der Waals surface area contributed by atoms with Crippen LogP contribution in [0, 0.1) is 0 Å². The van der Waals surface area contributed by atoms with E-state index in [1.54, 1.807) is 12.4 Å². The second-order valence-electron chi connectivity index (χ2n) is 3.96. The maximum absolute atomic E-state index is 11.3. The molecule has 7 heteroatoms. The highest BCUT2D eigenvalue weighted by Crippen LogP contribution is 2.35. The number of pyridine rings is 2. The van der Waals surface area contributed by atoms with Crippen molar-refractivity contribution in [3.05, 3.63) is 35.6 Å². The standard InChI is InChI=1S/C13H10N4O2S/c1-19-12-9-10(20-13(17-9)11(14)18)7(6-16-12)8-4-2-3-5-15-8/h2-6H,1H3,(H2,14,18). The quantitative estimate of drug-likeness (QED) is 0.793. The summed E-state index contributed by atoms with van der Waals surface area (Å²) in [4.78, 5) is 24.0. The number of rotatable bonds is 3. The van der Waals surface area contributed by atoms with Crippen molar-refractivity contribution >= 4 is 27.5 Å². The third-order valence-electron chi connectivity index (χ3n) is 2.73. The van der Waals surface area contributed by atoms with E-state index >= 15 is 0 Å². The summed E-state index contributed by atoms with van der Waals surface area (Å²) in [6.07, 6.45) is 3.36. The van der Waals surface area contributed by atoms with Gasteiger partial charge in [0.15, 0.2) is 5.01 Å². The minimum Gasteiger partial charge on any atom is -0.479 e. The van der Waals surface area contributed by atoms with Gasteiger partial charge in [0.1, 0.15) is 5.52 Å². The lowest BCUT2D eigenvalue weighted by molar-refractivity contribution is 0.1000. The number of hydrogen-bond donors (Lipinski definition) is 1. The van der Waals surface area contributed by atoms with E-state index in [4.69, 9.17) is 10.5 Å². The highest BCUT2D eigenvalue weighted by Gasteiger charge is 2.18. The van der Waals surface area contributed by atoms with E-state index in [1.807, 2.05) is 18.2 Å². The first kappa shape index (κ1) is 12.5. The molecule has 0 unspecified atom stereocenters. The molecule has 0 spiro atoms. The van der Waals surface area contributed by atoms with Crippen molar-refractivity contribution in [2.45, 2.75) is 0 Å². The number of ether oxygens (including phenoxy) is 1. The summed E-state index contributed by atoms with van der Waals surface area (Å²) in [6.45, 7) is 0. The van der Waals surface area contributed by atoms with Gasteiger partial charge < -0.3 is 10.5 Å². The Bertz CT molecular complexity index is 786. The zero-order valence-electron chi connectivity index (χ0n) is 10.5. The molecule has 0 bridgehead atoms. The number of thiazole rings is 1. The molecule has 0 saturated carbocycles. The lowest BCUT2D eigenvalue weighted by atomic mass is 10.2. The van der Waals surface area contributed by atoms with E-state index in [0.717, 1.165) is 16.0 Å². The topological polar surface area (TPSA) is 91.0 Å². The molecule has 3 heterocycles. The van der Waals surface area contributed by atoms with Crippen molar-refractivity contribution in [1.29, 1.82) is 0 Å². The number of hydrogen-bond acceptors (Lipinski definition) is 6. The van der Waals surface area contributed by atoms with Gasteiger partial charge in [-0.2, -0.15) is 0 Å². The molecule has 0 fully saturated rings. The van der Waals surface area contributed by atoms with Gasteiger partial charge in [-0.25, -0.2) is 9.97 Å². The number of nitrogens with two attached hydrogens (primary N) is 1. The Kier molecular flexibility index (Phi) is 3.03. The average Bonchev–Trinajstić information content (AvgIpc) is 2.92. The fourth-order valence-electron chi connectivity index (χ4n) is 1.85. The summed E-state index contributed by atoms with van der Waals surface area (Å²) < 4.78 is 5.95. The van der Waals surface area contributed by atoms with E-state index < -0.39 is 5.91 Å². The average molecular weight is 286 g/mol. The number of fused-ring (bicyclic) bond motifs is 1. The Morgan fingerprint density at radius 3 is 2.85 bits per heavy atom. The van der Waals surface area contributed by atoms with Crippen molar-refractivity contribution in [3.63, 3.8) is 0 Å². The highest BCUT2D eigenvalue weighted by molar-refractivity contribution is 7.20. The van der Waals surface area contributed by atoms with Crippen LogP contribution in [0.1, 0.15) is 9.80 Å². The Morgan fingerprint density at radius 1 is 1.35 bits per heavy atom. The number of primary amides is 1. The molecule has 20 heavy (non-hydrogen) atoms. The smallest absolute Gasteiger partial charge is 0.277 e. The Labute approximate surface area is 118 Å². The van der Waals surface area contributed by atoms with Crippen LogP contribution in [0.3, 0.4) is 0 Å². The van der Waals surface area contributed by atoms with Gasteiger partial charge in [0, 0.05) is 18.0 Å². The molecule has 1 amide bonds. The largest absolute Gasteiger partial charge is 0.479 e. The first-order valence-corrected chi connectivity index (χ1v) is 6.57. The Balaban J connectivity index is 2.31. The van der Waals surface area contributed by atoms with Crippen LogP contribution in [0.15, 0.2) is 30.6 Å². The zero-order valence-corrected chi connectivity index (χ0v) is 11.3. The maximum atomic E-state index is 11.3. The van der Waals surface area contributed by atoms with Crippen LogP contribution < -0.4 is 10.5 Å². The SMILES string of the molecule is COc1ncc(-c2ccccn2)c2sc(C(N)=O)nc12. The van der Waals surface area contributed by atoms with Crippen molar-refractivity contribution in [2.75, 3.05) is 7.11 Å². The molecule has 3 aromatic heterocycles. The molecule has 100 valence electrons. The molecule has 2 N–H and O–H groups in total. The number of aromatic nitrogens is 3. The van der Waals surface area contributed by atoms with Gasteiger partial charge in [-0.3, -0.25) is 9.78 Å². The van der Waals surface area contributed by atoms with Gasteiger partial charge in [0.2, 0.25) is 5.88 Å². The van der Waals surface area contributed by atoms with Crippen molar-refractivity contribution in [3.8, 4) is 17.1 Å². The number of carbonyl (C=O) groups is 1. The molecule has 3 aromatic rings. The number of nitrogens with zero attached hydrogens (tertiary/aromatic N) is 3. The third kappa shape index (κ3) is 1.97. The second-order valence-corrected chi connectivity index (χ2v) is 4.96. The lowest BCUT2D eigenvalue weighted by Gasteiger charge is -2.04. The monoisotopic (exact) mass is 286 g/mol. The summed E-state index contributed by atoms with van der Waals surface area (Å²) in [5, 5.41) is 0.225. The van der Waals surface area contributed by atoms with Gasteiger partial charge in [0.05, 0.1) is 17.5 Å². The minimum absolute atomic E-state index is 0.225. The number of amides is 1. The van der Waals surface area contributed by atoms with E-state index in [9.17, 15) is 4.79 Å². The molecule has 3 rings (SSSR count). The predicted molar refractivity (Wildman–Crippen MR) is 75.7 cm³/mol. The van der Waals surface area contributed by atoms with Crippen LogP contribution in [0.4, 0.5) is 0 Å². The zero-order chi connectivity index (χ0) is 14.1. The van der Waals surface area contributed by atoms with Gasteiger partial charge in [-0.1, -0.05) is 6.07 Å². The fourth-order valence-corrected chi connectivity index (χ4v) is 2.78. The highest BCUT2D eigenvalue weighted by atomic mass is 32.1. The summed E-state index contributed by atoms with van der Waals surface area (Å²) in [5.74, 6) is -0.205. The molecule has 0 aliphatic carbocycles. The van der Waals surface area contributed by atoms with Crippen LogP contribution in [0.2, 0.25) is 0 Å². The van der Waals surface area contributed by atoms with Crippen LogP contribution in [0.25, 0.3) is 21.5 Å².